The van der Waals surface area contributed by atoms with Crippen molar-refractivity contribution < 1.29 is 38.4 Å². The highest BCUT2D eigenvalue weighted by molar-refractivity contribution is 5.89. The fourth-order valence-electron chi connectivity index (χ4n) is 6.98. The molecule has 192 valence electrons. The van der Waals surface area contributed by atoms with E-state index in [0.29, 0.717) is 42.1 Å². The van der Waals surface area contributed by atoms with Gasteiger partial charge in [-0.25, -0.2) is 4.79 Å². The Morgan fingerprint density at radius 2 is 1.83 bits per heavy atom. The average molecular weight is 499 g/mol. The summed E-state index contributed by atoms with van der Waals surface area (Å²) in [6, 6.07) is 5.00. The van der Waals surface area contributed by atoms with Crippen LogP contribution in [0.1, 0.15) is 52.0 Å². The number of Topliss-reactive ketones (excluding diaryl/α,β-unsaturated/α-hetero) is 1. The number of fused-ring (bicyclic) bond motifs is 5. The third-order valence-corrected chi connectivity index (χ3v) is 9.45. The van der Waals surface area contributed by atoms with Crippen molar-refractivity contribution in [1.82, 2.24) is 0 Å². The second kappa shape index (κ2) is 7.26. The minimum absolute atomic E-state index is 0.0613. The lowest BCUT2D eigenvalue weighted by Crippen LogP contribution is -2.80. The molecule has 9 heteroatoms. The summed E-state index contributed by atoms with van der Waals surface area (Å²) in [4.78, 5) is 26.6. The molecule has 0 amide bonds. The number of benzene rings is 1. The Morgan fingerprint density at radius 3 is 2.58 bits per heavy atom. The van der Waals surface area contributed by atoms with Gasteiger partial charge in [0.25, 0.3) is 0 Å². The van der Waals surface area contributed by atoms with E-state index in [1.807, 2.05) is 6.92 Å². The largest absolute Gasteiger partial charge is 0.493 e. The van der Waals surface area contributed by atoms with Crippen LogP contribution in [0.2, 0.25) is 0 Å². The minimum Gasteiger partial charge on any atom is -0.493 e. The summed E-state index contributed by atoms with van der Waals surface area (Å²) < 4.78 is 28.4. The summed E-state index contributed by atoms with van der Waals surface area (Å²) in [6.45, 7) is 5.36. The van der Waals surface area contributed by atoms with Crippen LogP contribution in [0.15, 0.2) is 27.4 Å². The van der Waals surface area contributed by atoms with E-state index in [0.717, 1.165) is 0 Å². The molecule has 5 atom stereocenters. The van der Waals surface area contributed by atoms with Gasteiger partial charge >= 0.3 is 5.63 Å². The van der Waals surface area contributed by atoms with E-state index in [-0.39, 0.29) is 48.4 Å². The Hall–Kier alpha value is -3.04. The molecular formula is C27H30O9. The van der Waals surface area contributed by atoms with Crippen LogP contribution in [0.4, 0.5) is 0 Å². The highest BCUT2D eigenvalue weighted by Gasteiger charge is 2.76. The normalized spacial score (nSPS) is 36.4. The molecular weight excluding hydrogens is 468 g/mol. The SMILES string of the molecule is COc1cc(-c2cc3c(c(=O)o2)C[C@]2(O)[C@@]4(C)C(=O)CC[C@H](C)[C@]4(O)CC[C@@]2(C)O3)cc2c1OCO2. The van der Waals surface area contributed by atoms with Crippen molar-refractivity contribution in [3.63, 3.8) is 0 Å². The number of ether oxygens (including phenoxy) is 4. The van der Waals surface area contributed by atoms with E-state index in [2.05, 4.69) is 0 Å². The number of aliphatic hydroxyl groups is 2. The summed E-state index contributed by atoms with van der Waals surface area (Å²) in [6.07, 6.45) is 1.27. The monoisotopic (exact) mass is 498 g/mol. The zero-order chi connectivity index (χ0) is 25.7. The van der Waals surface area contributed by atoms with Gasteiger partial charge in [0.2, 0.25) is 12.5 Å². The molecule has 0 radical (unpaired) electrons. The first-order valence-corrected chi connectivity index (χ1v) is 12.3. The molecule has 36 heavy (non-hydrogen) atoms. The zero-order valence-electron chi connectivity index (χ0n) is 20.8. The number of ketones is 1. The quantitative estimate of drug-likeness (QED) is 0.643. The molecule has 1 aromatic carbocycles. The summed E-state index contributed by atoms with van der Waals surface area (Å²) in [5.41, 5.74) is -5.91. The number of carbonyl (C=O) groups excluding carboxylic acids is 1. The third kappa shape index (κ3) is 2.67. The van der Waals surface area contributed by atoms with Crippen LogP contribution in [0.3, 0.4) is 0 Å². The lowest BCUT2D eigenvalue weighted by Gasteiger charge is -2.67. The number of hydrogen-bond donors (Lipinski definition) is 2. The fourth-order valence-corrected chi connectivity index (χ4v) is 6.98. The predicted molar refractivity (Wildman–Crippen MR) is 126 cm³/mol. The van der Waals surface area contributed by atoms with Crippen LogP contribution in [0.25, 0.3) is 11.3 Å². The first-order chi connectivity index (χ1) is 17.0. The Labute approximate surface area is 207 Å². The Balaban J connectivity index is 1.48. The van der Waals surface area contributed by atoms with E-state index in [1.165, 1.54) is 7.11 Å². The van der Waals surface area contributed by atoms with Crippen LogP contribution >= 0.6 is 0 Å². The fraction of sp³-hybridized carbons (Fsp3) is 0.556. The molecule has 2 aliphatic carbocycles. The molecule has 1 aromatic heterocycles. The molecule has 6 rings (SSSR count). The van der Waals surface area contributed by atoms with Gasteiger partial charge in [-0.3, -0.25) is 4.79 Å². The van der Waals surface area contributed by atoms with Crippen LogP contribution in [0, 0.1) is 11.3 Å². The molecule has 0 spiro atoms. The zero-order valence-corrected chi connectivity index (χ0v) is 20.8. The van der Waals surface area contributed by atoms with E-state index in [9.17, 15) is 19.8 Å². The molecule has 0 bridgehead atoms. The Kier molecular flexibility index (Phi) is 4.71. The molecule has 0 saturated heterocycles. The van der Waals surface area contributed by atoms with Crippen molar-refractivity contribution in [3.8, 4) is 34.3 Å². The van der Waals surface area contributed by atoms with Gasteiger partial charge in [-0.15, -0.1) is 0 Å². The number of rotatable bonds is 2. The van der Waals surface area contributed by atoms with Crippen LogP contribution < -0.4 is 24.6 Å². The topological polar surface area (TPSA) is 125 Å². The first-order valence-electron chi connectivity index (χ1n) is 12.3. The van der Waals surface area contributed by atoms with Gasteiger partial charge in [-0.1, -0.05) is 6.92 Å². The number of hydrogen-bond acceptors (Lipinski definition) is 9. The summed E-state index contributed by atoms with van der Waals surface area (Å²) >= 11 is 0. The van der Waals surface area contributed by atoms with E-state index < -0.39 is 27.8 Å². The van der Waals surface area contributed by atoms with Crippen LogP contribution in [0.5, 0.6) is 23.0 Å². The van der Waals surface area contributed by atoms with Crippen molar-refractivity contribution in [3.05, 3.63) is 34.2 Å². The molecule has 2 saturated carbocycles. The summed E-state index contributed by atoms with van der Waals surface area (Å²) in [7, 11) is 1.51. The van der Waals surface area contributed by atoms with Crippen molar-refractivity contribution >= 4 is 5.78 Å². The van der Waals surface area contributed by atoms with Gasteiger partial charge in [0.1, 0.15) is 28.5 Å². The van der Waals surface area contributed by atoms with E-state index in [4.69, 9.17) is 23.4 Å². The van der Waals surface area contributed by atoms with Crippen LogP contribution in [-0.2, 0) is 11.2 Å². The second-order valence-corrected chi connectivity index (χ2v) is 10.9. The van der Waals surface area contributed by atoms with Gasteiger partial charge in [-0.05, 0) is 51.2 Å². The highest BCUT2D eigenvalue weighted by atomic mass is 16.7. The van der Waals surface area contributed by atoms with Crippen molar-refractivity contribution in [2.75, 3.05) is 13.9 Å². The van der Waals surface area contributed by atoms with Gasteiger partial charge in [0.05, 0.1) is 23.7 Å². The molecule has 2 aliphatic heterocycles. The van der Waals surface area contributed by atoms with Gasteiger partial charge in [0, 0.05) is 24.5 Å². The van der Waals surface area contributed by atoms with Crippen molar-refractivity contribution in [1.29, 1.82) is 0 Å². The maximum absolute atomic E-state index is 13.4. The lowest BCUT2D eigenvalue weighted by atomic mass is 9.43. The molecule has 2 N–H and O–H groups in total. The first kappa shape index (κ1) is 23.4. The summed E-state index contributed by atoms with van der Waals surface area (Å²) in [5, 5.41) is 24.0. The molecule has 2 fully saturated rings. The number of carbonyl (C=O) groups is 1. The molecule has 9 nitrogen and oxygen atoms in total. The third-order valence-electron chi connectivity index (χ3n) is 9.45. The highest BCUT2D eigenvalue weighted by Crippen LogP contribution is 2.64. The molecule has 3 heterocycles. The smallest absolute Gasteiger partial charge is 0.343 e. The summed E-state index contributed by atoms with van der Waals surface area (Å²) in [5.74, 6) is 1.51. The molecule has 4 aliphatic rings. The van der Waals surface area contributed by atoms with Gasteiger partial charge < -0.3 is 33.6 Å². The second-order valence-electron chi connectivity index (χ2n) is 10.9. The Morgan fingerprint density at radius 1 is 1.06 bits per heavy atom. The van der Waals surface area contributed by atoms with E-state index >= 15 is 0 Å². The minimum atomic E-state index is -1.80. The van der Waals surface area contributed by atoms with Gasteiger partial charge in [-0.2, -0.15) is 0 Å². The average Bonchev–Trinajstić information content (AvgIpc) is 3.33. The molecule has 0 unspecified atom stereocenters. The standard InChI is InChI=1S/C27H30O9/c1-14-5-6-21(28)25(3)26(14,30)8-7-24(2)27(25,31)12-16-18(36-24)11-17(35-23(16)29)15-9-19(32-4)22-20(10-15)33-13-34-22/h9-11,14,30-31H,5-8,12-13H2,1-4H3/t14-,24+,25-,26+,27+/m0/s1. The lowest BCUT2D eigenvalue weighted by molar-refractivity contribution is -0.295. The molecule has 2 aromatic rings. The maximum Gasteiger partial charge on any atom is 0.343 e. The van der Waals surface area contributed by atoms with Crippen molar-refractivity contribution in [2.45, 2.75) is 69.7 Å². The maximum atomic E-state index is 13.4. The van der Waals surface area contributed by atoms with Gasteiger partial charge in [0.15, 0.2) is 11.5 Å². The number of methoxy groups -OCH3 is 1. The van der Waals surface area contributed by atoms with Crippen molar-refractivity contribution in [2.24, 2.45) is 11.3 Å². The van der Waals surface area contributed by atoms with E-state index in [1.54, 1.807) is 32.0 Å². The Bertz CT molecular complexity index is 1350. The van der Waals surface area contributed by atoms with Crippen LogP contribution in [-0.4, -0.2) is 46.7 Å². The predicted octanol–water partition coefficient (Wildman–Crippen LogP) is 3.00.